The van der Waals surface area contributed by atoms with Crippen LogP contribution in [-0.4, -0.2) is 40.0 Å². The summed E-state index contributed by atoms with van der Waals surface area (Å²) >= 11 is 1.47. The van der Waals surface area contributed by atoms with Crippen LogP contribution in [-0.2, 0) is 16.1 Å². The van der Waals surface area contributed by atoms with Gasteiger partial charge in [-0.1, -0.05) is 6.92 Å². The van der Waals surface area contributed by atoms with Crippen LogP contribution in [0.1, 0.15) is 18.2 Å². The molecule has 1 aromatic rings. The molecule has 0 aliphatic heterocycles. The molecule has 18 heavy (non-hydrogen) atoms. The maximum atomic E-state index is 11.9. The molecule has 0 saturated heterocycles. The molecule has 1 amide bonds. The van der Waals surface area contributed by atoms with Crippen molar-refractivity contribution >= 4 is 23.2 Å². The van der Waals surface area contributed by atoms with Crippen molar-refractivity contribution in [1.29, 1.82) is 0 Å². The van der Waals surface area contributed by atoms with Crippen molar-refractivity contribution in [3.05, 3.63) is 16.6 Å². The predicted octanol–water partition coefficient (Wildman–Crippen LogP) is 0.540. The van der Waals surface area contributed by atoms with Gasteiger partial charge in [0.05, 0.1) is 12.1 Å². The predicted molar refractivity (Wildman–Crippen MR) is 68.0 cm³/mol. The van der Waals surface area contributed by atoms with Crippen molar-refractivity contribution in [3.63, 3.8) is 0 Å². The summed E-state index contributed by atoms with van der Waals surface area (Å²) in [7, 11) is 1.68. The van der Waals surface area contributed by atoms with E-state index in [4.69, 9.17) is 10.8 Å². The molecule has 0 bridgehead atoms. The number of nitrogens with zero attached hydrogens (tertiary/aromatic N) is 2. The number of carboxylic acid groups (broad SMARTS) is 1. The quantitative estimate of drug-likeness (QED) is 0.787. The number of hydrogen-bond donors (Lipinski definition) is 2. The molecule has 3 N–H and O–H groups in total. The fourth-order valence-corrected chi connectivity index (χ4v) is 2.09. The fourth-order valence-electron chi connectivity index (χ4n) is 1.44. The van der Waals surface area contributed by atoms with Crippen LogP contribution in [0.4, 0.5) is 0 Å². The Labute approximate surface area is 109 Å². The lowest BCUT2D eigenvalue weighted by atomic mass is 9.98. The van der Waals surface area contributed by atoms with E-state index in [0.717, 1.165) is 4.88 Å². The molecule has 2 atom stereocenters. The van der Waals surface area contributed by atoms with Crippen LogP contribution in [0.2, 0.25) is 0 Å². The summed E-state index contributed by atoms with van der Waals surface area (Å²) in [6, 6.07) is -1.01. The number of thiazole rings is 1. The van der Waals surface area contributed by atoms with Gasteiger partial charge in [0.25, 0.3) is 0 Å². The topological polar surface area (TPSA) is 96.5 Å². The Morgan fingerprint density at radius 2 is 2.28 bits per heavy atom. The van der Waals surface area contributed by atoms with Gasteiger partial charge in [-0.15, -0.1) is 11.3 Å². The molecule has 0 aliphatic rings. The first-order valence-electron chi connectivity index (χ1n) is 5.51. The molecule has 0 aliphatic carbocycles. The highest BCUT2D eigenvalue weighted by atomic mass is 32.1. The summed E-state index contributed by atoms with van der Waals surface area (Å²) in [6.45, 7) is 2.15. The highest BCUT2D eigenvalue weighted by molar-refractivity contribution is 7.09. The second-order valence-corrected chi connectivity index (χ2v) is 5.23. The van der Waals surface area contributed by atoms with E-state index in [1.807, 2.05) is 0 Å². The molecule has 0 aromatic carbocycles. The summed E-state index contributed by atoms with van der Waals surface area (Å²) in [5, 5.41) is 8.75. The van der Waals surface area contributed by atoms with E-state index in [-0.39, 0.29) is 18.2 Å². The second kappa shape index (κ2) is 6.46. The van der Waals surface area contributed by atoms with Crippen LogP contribution in [0.15, 0.2) is 11.7 Å². The van der Waals surface area contributed by atoms with E-state index in [2.05, 4.69) is 4.98 Å². The summed E-state index contributed by atoms with van der Waals surface area (Å²) in [6.07, 6.45) is 1.84. The monoisotopic (exact) mass is 271 g/mol. The number of hydrogen-bond acceptors (Lipinski definition) is 5. The normalized spacial score (nSPS) is 13.9. The number of carbonyl (C=O) groups excluding carboxylic acids is 1. The molecule has 7 heteroatoms. The molecule has 6 nitrogen and oxygen atoms in total. The molecule has 1 heterocycles. The molecule has 100 valence electrons. The first-order chi connectivity index (χ1) is 8.41. The van der Waals surface area contributed by atoms with Gasteiger partial charge in [-0.25, -0.2) is 0 Å². The zero-order valence-corrected chi connectivity index (χ0v) is 11.2. The molecule has 0 radical (unpaired) electrons. The van der Waals surface area contributed by atoms with Gasteiger partial charge in [-0.05, 0) is 5.92 Å². The maximum Gasteiger partial charge on any atom is 0.320 e. The molecule has 0 fully saturated rings. The van der Waals surface area contributed by atoms with Crippen molar-refractivity contribution in [2.24, 2.45) is 11.7 Å². The Bertz CT molecular complexity index is 408. The fraction of sp³-hybridized carbons (Fsp3) is 0.545. The Balaban J connectivity index is 2.47. The summed E-state index contributed by atoms with van der Waals surface area (Å²) in [4.78, 5) is 29.0. The van der Waals surface area contributed by atoms with E-state index >= 15 is 0 Å². The Morgan fingerprint density at radius 1 is 1.61 bits per heavy atom. The lowest BCUT2D eigenvalue weighted by Gasteiger charge is -2.20. The van der Waals surface area contributed by atoms with Crippen molar-refractivity contribution in [3.8, 4) is 0 Å². The van der Waals surface area contributed by atoms with E-state index in [1.54, 1.807) is 30.6 Å². The van der Waals surface area contributed by atoms with Crippen molar-refractivity contribution in [2.75, 3.05) is 7.05 Å². The average Bonchev–Trinajstić information content (AvgIpc) is 2.80. The lowest BCUT2D eigenvalue weighted by molar-refractivity contribution is -0.140. The van der Waals surface area contributed by atoms with Crippen molar-refractivity contribution in [2.45, 2.75) is 25.9 Å². The zero-order valence-electron chi connectivity index (χ0n) is 10.4. The summed E-state index contributed by atoms with van der Waals surface area (Å²) in [5.74, 6) is -1.59. The SMILES string of the molecule is CC(CC(=O)N(C)Cc1cncs1)[C@H](N)C(=O)O. The number of aliphatic carboxylic acids is 1. The van der Waals surface area contributed by atoms with Gasteiger partial charge in [0.1, 0.15) is 6.04 Å². The Hall–Kier alpha value is -1.47. The van der Waals surface area contributed by atoms with Crippen molar-refractivity contribution in [1.82, 2.24) is 9.88 Å². The van der Waals surface area contributed by atoms with Gasteiger partial charge in [0.15, 0.2) is 0 Å². The minimum Gasteiger partial charge on any atom is -0.480 e. The van der Waals surface area contributed by atoms with Crippen LogP contribution in [0, 0.1) is 5.92 Å². The lowest BCUT2D eigenvalue weighted by Crippen LogP contribution is -2.39. The highest BCUT2D eigenvalue weighted by Crippen LogP contribution is 2.12. The van der Waals surface area contributed by atoms with Crippen LogP contribution >= 0.6 is 11.3 Å². The minimum absolute atomic E-state index is 0.118. The average molecular weight is 271 g/mol. The first-order valence-corrected chi connectivity index (χ1v) is 6.39. The number of carboxylic acids is 1. The minimum atomic E-state index is -1.08. The number of nitrogens with two attached hydrogens (primary N) is 1. The van der Waals surface area contributed by atoms with E-state index in [9.17, 15) is 9.59 Å². The third-order valence-electron chi connectivity index (χ3n) is 2.70. The Kier molecular flexibility index (Phi) is 5.24. The van der Waals surface area contributed by atoms with Crippen LogP contribution in [0.25, 0.3) is 0 Å². The summed E-state index contributed by atoms with van der Waals surface area (Å²) < 4.78 is 0. The molecule has 1 rings (SSSR count). The number of rotatable bonds is 6. The van der Waals surface area contributed by atoms with Crippen LogP contribution in [0.5, 0.6) is 0 Å². The largest absolute Gasteiger partial charge is 0.480 e. The van der Waals surface area contributed by atoms with Gasteiger partial charge in [0.2, 0.25) is 5.91 Å². The van der Waals surface area contributed by atoms with E-state index in [0.29, 0.717) is 6.54 Å². The Morgan fingerprint density at radius 3 is 2.78 bits per heavy atom. The second-order valence-electron chi connectivity index (χ2n) is 4.26. The number of amides is 1. The van der Waals surface area contributed by atoms with Crippen LogP contribution < -0.4 is 5.73 Å². The van der Waals surface area contributed by atoms with E-state index in [1.165, 1.54) is 11.3 Å². The zero-order chi connectivity index (χ0) is 13.7. The molecular formula is C11H17N3O3S. The third-order valence-corrected chi connectivity index (χ3v) is 3.46. The first kappa shape index (κ1) is 14.6. The summed E-state index contributed by atoms with van der Waals surface area (Å²) in [5.41, 5.74) is 7.17. The highest BCUT2D eigenvalue weighted by Gasteiger charge is 2.23. The number of carbonyl (C=O) groups is 2. The molecule has 1 unspecified atom stereocenters. The maximum absolute atomic E-state index is 11.9. The smallest absolute Gasteiger partial charge is 0.320 e. The van der Waals surface area contributed by atoms with E-state index < -0.39 is 12.0 Å². The van der Waals surface area contributed by atoms with Gasteiger partial charge in [0, 0.05) is 24.5 Å². The molecule has 0 saturated carbocycles. The van der Waals surface area contributed by atoms with Crippen molar-refractivity contribution < 1.29 is 14.7 Å². The molecule has 0 spiro atoms. The van der Waals surface area contributed by atoms with Crippen LogP contribution in [0.3, 0.4) is 0 Å². The third kappa shape index (κ3) is 4.08. The van der Waals surface area contributed by atoms with Gasteiger partial charge >= 0.3 is 5.97 Å². The van der Waals surface area contributed by atoms with Gasteiger partial charge in [-0.3, -0.25) is 14.6 Å². The number of aromatic nitrogens is 1. The van der Waals surface area contributed by atoms with Gasteiger partial charge in [-0.2, -0.15) is 0 Å². The standard InChI is InChI=1S/C11H17N3O3S/c1-7(10(12)11(16)17)3-9(15)14(2)5-8-4-13-6-18-8/h4,6-7,10H,3,5,12H2,1-2H3,(H,16,17)/t7?,10-/m0/s1. The molecule has 1 aromatic heterocycles. The molecular weight excluding hydrogens is 254 g/mol. The van der Waals surface area contributed by atoms with Gasteiger partial charge < -0.3 is 15.7 Å².